The third-order valence-corrected chi connectivity index (χ3v) is 7.11. The molecule has 3 aromatic carbocycles. The van der Waals surface area contributed by atoms with Crippen molar-refractivity contribution in [3.63, 3.8) is 0 Å². The lowest BCUT2D eigenvalue weighted by molar-refractivity contribution is -0.141. The second-order valence-corrected chi connectivity index (χ2v) is 10.8. The molecule has 0 fully saturated rings. The molecular weight excluding hydrogens is 524 g/mol. The van der Waals surface area contributed by atoms with Gasteiger partial charge in [-0.2, -0.15) is 0 Å². The molecule has 0 aliphatic carbocycles. The summed E-state index contributed by atoms with van der Waals surface area (Å²) in [6.45, 7) is 7.45. The molecule has 0 radical (unpaired) electrons. The number of unbranched alkanes of at least 4 members (excludes halogenated alkanes) is 1. The molecule has 0 aliphatic rings. The Morgan fingerprint density at radius 1 is 0.892 bits per heavy atom. The number of amides is 2. The molecule has 196 valence electrons. The van der Waals surface area contributed by atoms with E-state index in [0.717, 1.165) is 34.0 Å². The first-order valence-electron chi connectivity index (χ1n) is 13.3. The van der Waals surface area contributed by atoms with Gasteiger partial charge in [0.05, 0.1) is 0 Å². The van der Waals surface area contributed by atoms with Crippen molar-refractivity contribution in [1.82, 2.24) is 10.2 Å². The molecule has 3 aromatic rings. The van der Waals surface area contributed by atoms with Gasteiger partial charge in [0.1, 0.15) is 6.04 Å². The van der Waals surface area contributed by atoms with E-state index in [-0.39, 0.29) is 11.8 Å². The van der Waals surface area contributed by atoms with Crippen molar-refractivity contribution in [2.75, 3.05) is 6.54 Å². The summed E-state index contributed by atoms with van der Waals surface area (Å²) in [7, 11) is 0. The van der Waals surface area contributed by atoms with Crippen LogP contribution in [0.2, 0.25) is 0 Å². The van der Waals surface area contributed by atoms with Crippen LogP contribution in [0.1, 0.15) is 68.2 Å². The number of benzene rings is 3. The van der Waals surface area contributed by atoms with Crippen molar-refractivity contribution in [1.29, 1.82) is 0 Å². The maximum Gasteiger partial charge on any atom is 0.243 e. The Balaban J connectivity index is 1.86. The maximum absolute atomic E-state index is 13.8. The van der Waals surface area contributed by atoms with E-state index < -0.39 is 6.04 Å². The lowest BCUT2D eigenvalue weighted by Crippen LogP contribution is -2.50. The van der Waals surface area contributed by atoms with Crippen LogP contribution >= 0.6 is 15.9 Å². The molecule has 0 saturated carbocycles. The van der Waals surface area contributed by atoms with Crippen molar-refractivity contribution >= 4 is 27.7 Å². The van der Waals surface area contributed by atoms with Gasteiger partial charge in [0.2, 0.25) is 11.8 Å². The first-order chi connectivity index (χ1) is 17.9. The van der Waals surface area contributed by atoms with E-state index in [9.17, 15) is 9.59 Å². The van der Waals surface area contributed by atoms with Gasteiger partial charge in [-0.25, -0.2) is 0 Å². The second-order valence-electron chi connectivity index (χ2n) is 9.90. The summed E-state index contributed by atoms with van der Waals surface area (Å²) in [5.41, 5.74) is 4.45. The zero-order valence-corrected chi connectivity index (χ0v) is 23.8. The van der Waals surface area contributed by atoms with Crippen LogP contribution in [0.5, 0.6) is 0 Å². The van der Waals surface area contributed by atoms with Gasteiger partial charge in [-0.3, -0.25) is 9.59 Å². The first-order valence-corrected chi connectivity index (χ1v) is 14.1. The Morgan fingerprint density at radius 2 is 1.59 bits per heavy atom. The normalized spacial score (nSPS) is 11.8. The number of rotatable bonds is 13. The first kappa shape index (κ1) is 28.6. The van der Waals surface area contributed by atoms with Crippen LogP contribution in [-0.4, -0.2) is 29.3 Å². The zero-order chi connectivity index (χ0) is 26.6. The number of hydrogen-bond acceptors (Lipinski definition) is 2. The van der Waals surface area contributed by atoms with Gasteiger partial charge < -0.3 is 10.2 Å². The molecular formula is C32H39BrN2O2. The van der Waals surface area contributed by atoms with E-state index in [2.05, 4.69) is 66.3 Å². The minimum absolute atomic E-state index is 0.0144. The number of carbonyl (C=O) groups excluding carboxylic acids is 2. The van der Waals surface area contributed by atoms with Crippen molar-refractivity contribution in [2.45, 2.75) is 71.4 Å². The van der Waals surface area contributed by atoms with Crippen LogP contribution in [0.25, 0.3) is 0 Å². The quantitative estimate of drug-likeness (QED) is 0.226. The van der Waals surface area contributed by atoms with Gasteiger partial charge in [-0.15, -0.1) is 0 Å². The summed E-state index contributed by atoms with van der Waals surface area (Å²) in [5.74, 6) is 0.364. The smallest absolute Gasteiger partial charge is 0.243 e. The predicted molar refractivity (Wildman–Crippen MR) is 155 cm³/mol. The second kappa shape index (κ2) is 14.7. The van der Waals surface area contributed by atoms with Crippen molar-refractivity contribution in [2.24, 2.45) is 0 Å². The Bertz CT molecular complexity index is 1130. The van der Waals surface area contributed by atoms with Gasteiger partial charge in [-0.1, -0.05) is 110 Å². The molecule has 37 heavy (non-hydrogen) atoms. The number of carbonyl (C=O) groups is 2. The van der Waals surface area contributed by atoms with Gasteiger partial charge in [0, 0.05) is 30.4 Å². The summed E-state index contributed by atoms with van der Waals surface area (Å²) < 4.78 is 0.953. The average Bonchev–Trinajstić information content (AvgIpc) is 2.90. The predicted octanol–water partition coefficient (Wildman–Crippen LogP) is 7.06. The van der Waals surface area contributed by atoms with Crippen molar-refractivity contribution in [3.8, 4) is 0 Å². The molecule has 0 spiro atoms. The fourth-order valence-electron chi connectivity index (χ4n) is 4.36. The zero-order valence-electron chi connectivity index (χ0n) is 22.3. The molecule has 3 rings (SSSR count). The Morgan fingerprint density at radius 3 is 2.24 bits per heavy atom. The van der Waals surface area contributed by atoms with Crippen LogP contribution in [0, 0.1) is 0 Å². The molecule has 1 atom stereocenters. The molecule has 0 heterocycles. The summed E-state index contributed by atoms with van der Waals surface area (Å²) in [4.78, 5) is 29.0. The average molecular weight is 564 g/mol. The van der Waals surface area contributed by atoms with Crippen LogP contribution in [0.3, 0.4) is 0 Å². The van der Waals surface area contributed by atoms with Crippen molar-refractivity contribution in [3.05, 3.63) is 106 Å². The van der Waals surface area contributed by atoms with E-state index in [1.165, 1.54) is 5.56 Å². The molecule has 5 heteroatoms. The number of nitrogens with one attached hydrogen (secondary N) is 1. The summed E-state index contributed by atoms with van der Waals surface area (Å²) >= 11 is 3.55. The topological polar surface area (TPSA) is 49.4 Å². The van der Waals surface area contributed by atoms with E-state index in [1.54, 1.807) is 4.90 Å². The largest absolute Gasteiger partial charge is 0.354 e. The van der Waals surface area contributed by atoms with Crippen molar-refractivity contribution < 1.29 is 9.59 Å². The highest BCUT2D eigenvalue weighted by molar-refractivity contribution is 9.10. The van der Waals surface area contributed by atoms with Gasteiger partial charge in [-0.05, 0) is 53.1 Å². The molecule has 0 bridgehead atoms. The summed E-state index contributed by atoms with van der Waals surface area (Å²) in [6.07, 6.45) is 3.38. The highest BCUT2D eigenvalue weighted by Crippen LogP contribution is 2.20. The molecule has 1 unspecified atom stereocenters. The number of nitrogens with zero attached hydrogens (tertiary/aromatic N) is 1. The Kier molecular flexibility index (Phi) is 11.4. The highest BCUT2D eigenvalue weighted by Gasteiger charge is 2.30. The third-order valence-electron chi connectivity index (χ3n) is 6.62. The fraction of sp³-hybridized carbons (Fsp3) is 0.375. The minimum Gasteiger partial charge on any atom is -0.354 e. The molecule has 4 nitrogen and oxygen atoms in total. The van der Waals surface area contributed by atoms with Crippen LogP contribution in [0.4, 0.5) is 0 Å². The van der Waals surface area contributed by atoms with E-state index in [4.69, 9.17) is 0 Å². The minimum atomic E-state index is -0.589. The van der Waals surface area contributed by atoms with E-state index in [1.807, 2.05) is 54.6 Å². The van der Waals surface area contributed by atoms with E-state index in [0.29, 0.717) is 38.3 Å². The lowest BCUT2D eigenvalue weighted by Gasteiger charge is -2.32. The number of halogens is 1. The molecule has 0 aliphatic heterocycles. The van der Waals surface area contributed by atoms with Crippen LogP contribution in [-0.2, 0) is 29.0 Å². The highest BCUT2D eigenvalue weighted by atomic mass is 79.9. The summed E-state index contributed by atoms with van der Waals surface area (Å²) in [6, 6.07) is 25.8. The lowest BCUT2D eigenvalue weighted by atomic mass is 9.99. The van der Waals surface area contributed by atoms with Crippen LogP contribution in [0.15, 0.2) is 83.3 Å². The molecule has 1 N–H and O–H groups in total. The van der Waals surface area contributed by atoms with Gasteiger partial charge in [0.25, 0.3) is 0 Å². The Hall–Kier alpha value is -2.92. The van der Waals surface area contributed by atoms with Crippen LogP contribution < -0.4 is 5.32 Å². The van der Waals surface area contributed by atoms with E-state index >= 15 is 0 Å². The van der Waals surface area contributed by atoms with Gasteiger partial charge in [0.15, 0.2) is 0 Å². The number of hydrogen-bond donors (Lipinski definition) is 1. The van der Waals surface area contributed by atoms with Gasteiger partial charge >= 0.3 is 0 Å². The number of aryl methyl sites for hydroxylation is 1. The monoisotopic (exact) mass is 562 g/mol. The molecule has 0 aromatic heterocycles. The molecule has 0 saturated heterocycles. The maximum atomic E-state index is 13.8. The fourth-order valence-corrected chi connectivity index (χ4v) is 4.80. The third kappa shape index (κ3) is 9.15. The molecule has 2 amide bonds. The standard InChI is InChI=1S/C32H39BrN2O2/c1-4-5-20-34-32(37)30(22-26-10-7-6-8-11-26)35(23-27-12-9-13-29(33)21-27)31(36)19-16-25-14-17-28(18-15-25)24(2)3/h6-15,17-18,21,24,30H,4-5,16,19-20,22-23H2,1-3H3,(H,34,37). The summed E-state index contributed by atoms with van der Waals surface area (Å²) in [5, 5.41) is 3.08. The Labute approximate surface area is 230 Å². The SMILES string of the molecule is CCCCNC(=O)C(Cc1ccccc1)N(Cc1cccc(Br)c1)C(=O)CCc1ccc(C(C)C)cc1.